The zero-order valence-corrected chi connectivity index (χ0v) is 11.0. The zero-order chi connectivity index (χ0) is 13.0. The molecule has 6 heteroatoms. The molecule has 1 atom stereocenters. The van der Waals surface area contributed by atoms with E-state index in [1.54, 1.807) is 11.8 Å². The minimum Gasteiger partial charge on any atom is -0.376 e. The maximum Gasteiger partial charge on any atom is 0.293 e. The van der Waals surface area contributed by atoms with E-state index in [0.717, 1.165) is 32.4 Å². The SMILES string of the molecule is CCCOC1CCCN(C(=O)c2n[nH]c(C)n2)C1. The maximum atomic E-state index is 12.2. The average molecular weight is 252 g/mol. The van der Waals surface area contributed by atoms with Crippen LogP contribution < -0.4 is 0 Å². The summed E-state index contributed by atoms with van der Waals surface area (Å²) in [5.41, 5.74) is 0. The Balaban J connectivity index is 1.94. The molecule has 0 aromatic carbocycles. The predicted octanol–water partition coefficient (Wildman–Crippen LogP) is 1.14. The molecule has 1 aliphatic rings. The largest absolute Gasteiger partial charge is 0.376 e. The summed E-state index contributed by atoms with van der Waals surface area (Å²) in [7, 11) is 0. The Morgan fingerprint density at radius 1 is 1.61 bits per heavy atom. The van der Waals surface area contributed by atoms with Crippen molar-refractivity contribution in [1.29, 1.82) is 0 Å². The van der Waals surface area contributed by atoms with Gasteiger partial charge in [-0.1, -0.05) is 6.92 Å². The molecule has 0 saturated carbocycles. The number of amides is 1. The highest BCUT2D eigenvalue weighted by molar-refractivity contribution is 5.90. The second kappa shape index (κ2) is 5.95. The van der Waals surface area contributed by atoms with Crippen molar-refractivity contribution in [3.8, 4) is 0 Å². The van der Waals surface area contributed by atoms with E-state index in [-0.39, 0.29) is 17.8 Å². The predicted molar refractivity (Wildman–Crippen MR) is 66.3 cm³/mol. The number of carbonyl (C=O) groups is 1. The lowest BCUT2D eigenvalue weighted by molar-refractivity contribution is 0.00173. The van der Waals surface area contributed by atoms with Gasteiger partial charge in [0.05, 0.1) is 6.10 Å². The fraction of sp³-hybridized carbons (Fsp3) is 0.750. The molecule has 0 spiro atoms. The van der Waals surface area contributed by atoms with E-state index in [1.807, 2.05) is 0 Å². The molecule has 1 aromatic rings. The standard InChI is InChI=1S/C12H20N4O2/c1-3-7-18-10-5-4-6-16(8-10)12(17)11-13-9(2)14-15-11/h10H,3-8H2,1-2H3,(H,13,14,15). The Bertz CT molecular complexity index is 405. The molecule has 1 saturated heterocycles. The highest BCUT2D eigenvalue weighted by atomic mass is 16.5. The number of aromatic nitrogens is 3. The number of hydrogen-bond donors (Lipinski definition) is 1. The number of hydrogen-bond acceptors (Lipinski definition) is 4. The quantitative estimate of drug-likeness (QED) is 0.872. The number of nitrogens with zero attached hydrogens (tertiary/aromatic N) is 3. The van der Waals surface area contributed by atoms with Gasteiger partial charge >= 0.3 is 0 Å². The van der Waals surface area contributed by atoms with Crippen molar-refractivity contribution in [1.82, 2.24) is 20.1 Å². The first-order valence-electron chi connectivity index (χ1n) is 6.50. The molecule has 100 valence electrons. The van der Waals surface area contributed by atoms with Gasteiger partial charge in [0.15, 0.2) is 0 Å². The van der Waals surface area contributed by atoms with E-state index in [9.17, 15) is 4.79 Å². The van der Waals surface area contributed by atoms with Gasteiger partial charge in [0.1, 0.15) is 5.82 Å². The van der Waals surface area contributed by atoms with Gasteiger partial charge in [-0.15, -0.1) is 5.10 Å². The Hall–Kier alpha value is -1.43. The van der Waals surface area contributed by atoms with Gasteiger partial charge in [-0.3, -0.25) is 9.89 Å². The Labute approximate surface area is 107 Å². The third-order valence-corrected chi connectivity index (χ3v) is 3.01. The third-order valence-electron chi connectivity index (χ3n) is 3.01. The Kier molecular flexibility index (Phi) is 4.30. The first kappa shape index (κ1) is 13.0. The van der Waals surface area contributed by atoms with Crippen molar-refractivity contribution in [3.05, 3.63) is 11.6 Å². The smallest absolute Gasteiger partial charge is 0.293 e. The normalized spacial score (nSPS) is 20.1. The van der Waals surface area contributed by atoms with Gasteiger partial charge in [0.25, 0.3) is 5.91 Å². The molecule has 6 nitrogen and oxygen atoms in total. The van der Waals surface area contributed by atoms with Gasteiger partial charge in [-0.25, -0.2) is 4.98 Å². The second-order valence-corrected chi connectivity index (χ2v) is 4.63. The summed E-state index contributed by atoms with van der Waals surface area (Å²) in [6.45, 7) is 6.03. The third kappa shape index (κ3) is 3.07. The van der Waals surface area contributed by atoms with Gasteiger partial charge < -0.3 is 9.64 Å². The van der Waals surface area contributed by atoms with Crippen molar-refractivity contribution in [2.75, 3.05) is 19.7 Å². The van der Waals surface area contributed by atoms with Crippen molar-refractivity contribution in [2.24, 2.45) is 0 Å². The van der Waals surface area contributed by atoms with E-state index in [4.69, 9.17) is 4.74 Å². The average Bonchev–Trinajstić information content (AvgIpc) is 2.82. The zero-order valence-electron chi connectivity index (χ0n) is 11.0. The van der Waals surface area contributed by atoms with Crippen LogP contribution in [0.25, 0.3) is 0 Å². The summed E-state index contributed by atoms with van der Waals surface area (Å²) >= 11 is 0. The highest BCUT2D eigenvalue weighted by Gasteiger charge is 2.26. The Morgan fingerprint density at radius 2 is 2.44 bits per heavy atom. The van der Waals surface area contributed by atoms with Crippen LogP contribution in [0, 0.1) is 6.92 Å². The molecule has 0 radical (unpaired) electrons. The van der Waals surface area contributed by atoms with E-state index in [2.05, 4.69) is 22.1 Å². The van der Waals surface area contributed by atoms with Crippen LogP contribution >= 0.6 is 0 Å². The summed E-state index contributed by atoms with van der Waals surface area (Å²) < 4.78 is 5.71. The number of rotatable bonds is 4. The maximum absolute atomic E-state index is 12.2. The fourth-order valence-electron chi connectivity index (χ4n) is 2.12. The topological polar surface area (TPSA) is 71.1 Å². The van der Waals surface area contributed by atoms with Crippen molar-refractivity contribution < 1.29 is 9.53 Å². The summed E-state index contributed by atoms with van der Waals surface area (Å²) in [4.78, 5) is 18.0. The summed E-state index contributed by atoms with van der Waals surface area (Å²) in [6.07, 6.45) is 3.16. The lowest BCUT2D eigenvalue weighted by Gasteiger charge is -2.31. The summed E-state index contributed by atoms with van der Waals surface area (Å²) in [5, 5.41) is 6.60. The number of carbonyl (C=O) groups excluding carboxylic acids is 1. The molecule has 2 rings (SSSR count). The molecule has 1 unspecified atom stereocenters. The number of ether oxygens (including phenoxy) is 1. The van der Waals surface area contributed by atoms with Gasteiger partial charge in [-0.2, -0.15) is 0 Å². The van der Waals surface area contributed by atoms with Gasteiger partial charge in [-0.05, 0) is 26.2 Å². The minimum absolute atomic E-state index is 0.107. The fourth-order valence-corrected chi connectivity index (χ4v) is 2.12. The van der Waals surface area contributed by atoms with Crippen LogP contribution in [0.15, 0.2) is 0 Å². The second-order valence-electron chi connectivity index (χ2n) is 4.63. The van der Waals surface area contributed by atoms with Crippen molar-refractivity contribution >= 4 is 5.91 Å². The highest BCUT2D eigenvalue weighted by Crippen LogP contribution is 2.15. The molecular weight excluding hydrogens is 232 g/mol. The molecule has 1 aromatic heterocycles. The van der Waals surface area contributed by atoms with Crippen LogP contribution in [0.5, 0.6) is 0 Å². The monoisotopic (exact) mass is 252 g/mol. The number of piperidine rings is 1. The molecule has 0 bridgehead atoms. The molecule has 2 heterocycles. The molecule has 1 aliphatic heterocycles. The van der Waals surface area contributed by atoms with E-state index in [0.29, 0.717) is 12.4 Å². The van der Waals surface area contributed by atoms with Crippen LogP contribution in [0.1, 0.15) is 42.6 Å². The molecule has 18 heavy (non-hydrogen) atoms. The molecule has 1 fully saturated rings. The van der Waals surface area contributed by atoms with E-state index in [1.165, 1.54) is 0 Å². The Morgan fingerprint density at radius 3 is 3.11 bits per heavy atom. The number of likely N-dealkylation sites (tertiary alicyclic amines) is 1. The van der Waals surface area contributed by atoms with Crippen LogP contribution in [-0.2, 0) is 4.74 Å². The van der Waals surface area contributed by atoms with Gasteiger partial charge in [0.2, 0.25) is 5.82 Å². The number of H-pyrrole nitrogens is 1. The van der Waals surface area contributed by atoms with Gasteiger partial charge in [0, 0.05) is 19.7 Å². The number of aryl methyl sites for hydroxylation is 1. The lowest BCUT2D eigenvalue weighted by atomic mass is 10.1. The molecular formula is C12H20N4O2. The minimum atomic E-state index is -0.107. The van der Waals surface area contributed by atoms with Crippen LogP contribution in [0.4, 0.5) is 0 Å². The molecule has 0 aliphatic carbocycles. The van der Waals surface area contributed by atoms with Crippen molar-refractivity contribution in [2.45, 2.75) is 39.2 Å². The van der Waals surface area contributed by atoms with Crippen LogP contribution in [0.3, 0.4) is 0 Å². The van der Waals surface area contributed by atoms with E-state index >= 15 is 0 Å². The van der Waals surface area contributed by atoms with Crippen LogP contribution in [-0.4, -0.2) is 51.8 Å². The van der Waals surface area contributed by atoms with Crippen molar-refractivity contribution in [3.63, 3.8) is 0 Å². The first-order chi connectivity index (χ1) is 8.70. The summed E-state index contributed by atoms with van der Waals surface area (Å²) in [5.74, 6) is 0.807. The number of aromatic amines is 1. The first-order valence-corrected chi connectivity index (χ1v) is 6.50. The molecule has 1 N–H and O–H groups in total. The van der Waals surface area contributed by atoms with Crippen LogP contribution in [0.2, 0.25) is 0 Å². The van der Waals surface area contributed by atoms with E-state index < -0.39 is 0 Å². The number of nitrogens with one attached hydrogen (secondary N) is 1. The molecule has 1 amide bonds. The lowest BCUT2D eigenvalue weighted by Crippen LogP contribution is -2.43. The summed E-state index contributed by atoms with van der Waals surface area (Å²) in [6, 6.07) is 0.